The number of halogens is 6. The zero-order valence-corrected chi connectivity index (χ0v) is 21.6. The highest BCUT2D eigenvalue weighted by Crippen LogP contribution is 2.36. The molecule has 0 unspecified atom stereocenters. The summed E-state index contributed by atoms with van der Waals surface area (Å²) in [5.74, 6) is -1.60. The molecule has 1 aliphatic rings. The first-order valence-corrected chi connectivity index (χ1v) is 12.3. The van der Waals surface area contributed by atoms with E-state index in [4.69, 9.17) is 23.2 Å². The number of likely N-dealkylation sites (N-methyl/N-ethyl adjacent to an activating group) is 1. The van der Waals surface area contributed by atoms with Crippen LogP contribution in [0.2, 0.25) is 10.0 Å². The van der Waals surface area contributed by atoms with E-state index < -0.39 is 17.6 Å². The molecule has 0 aromatic heterocycles. The van der Waals surface area contributed by atoms with E-state index in [0.717, 1.165) is 23.4 Å². The molecule has 0 radical (unpaired) electrons. The van der Waals surface area contributed by atoms with Gasteiger partial charge in [-0.05, 0) is 66.7 Å². The lowest BCUT2D eigenvalue weighted by molar-refractivity contribution is -0.140. The summed E-state index contributed by atoms with van der Waals surface area (Å²) in [6.07, 6.45) is -4.76. The van der Waals surface area contributed by atoms with Crippen LogP contribution in [0.3, 0.4) is 0 Å². The van der Waals surface area contributed by atoms with Crippen molar-refractivity contribution in [3.63, 3.8) is 0 Å². The van der Waals surface area contributed by atoms with E-state index in [2.05, 4.69) is 5.32 Å². The molecule has 4 rings (SSSR count). The number of carbonyl (C=O) groups is 1. The molecule has 1 aliphatic heterocycles. The van der Waals surface area contributed by atoms with Crippen molar-refractivity contribution in [2.45, 2.75) is 24.7 Å². The van der Waals surface area contributed by atoms with Gasteiger partial charge in [0, 0.05) is 49.9 Å². The normalized spacial score (nSPS) is 17.9. The first-order valence-electron chi connectivity index (χ1n) is 11.6. The Morgan fingerprint density at radius 3 is 2.32 bits per heavy atom. The van der Waals surface area contributed by atoms with Gasteiger partial charge in [-0.15, -0.1) is 0 Å². The van der Waals surface area contributed by atoms with Crippen molar-refractivity contribution >= 4 is 34.8 Å². The fourth-order valence-corrected chi connectivity index (χ4v) is 5.03. The summed E-state index contributed by atoms with van der Waals surface area (Å²) < 4.78 is 53.1. The number of carbonyl (C=O) groups excluding carboxylic acids is 1. The number of nitrogens with one attached hydrogen (secondary N) is 1. The second kappa shape index (κ2) is 10.9. The molecule has 37 heavy (non-hydrogen) atoms. The van der Waals surface area contributed by atoms with Crippen LogP contribution >= 0.6 is 23.2 Å². The number of nitrogens with zero attached hydrogens (tertiary/aromatic N) is 2. The summed E-state index contributed by atoms with van der Waals surface area (Å²) in [7, 11) is 3.60. The standard InChI is InChI=1S/C27H25Cl2F4N3O/c1-34-19-7-4-17(5-8-19)26(37)36-14-20(18-6-10-22(28)23(29)12-18)25(15-36)35(2)13-16-3-9-21(24(30)11-16)27(31,32)33/h3-12,20,25,34H,13-15H2,1-2H3/t20-,25-/m1/s1. The molecule has 1 N–H and O–H groups in total. The van der Waals surface area contributed by atoms with Crippen LogP contribution in [0.1, 0.15) is 33.0 Å². The van der Waals surface area contributed by atoms with Crippen LogP contribution in [-0.4, -0.2) is 48.9 Å². The predicted octanol–water partition coefficient (Wildman–Crippen LogP) is 6.93. The molecule has 196 valence electrons. The highest BCUT2D eigenvalue weighted by atomic mass is 35.5. The fraction of sp³-hybridized carbons (Fsp3) is 0.296. The highest BCUT2D eigenvalue weighted by molar-refractivity contribution is 6.42. The Bertz CT molecular complexity index is 1280. The monoisotopic (exact) mass is 553 g/mol. The summed E-state index contributed by atoms with van der Waals surface area (Å²) >= 11 is 12.4. The topological polar surface area (TPSA) is 35.6 Å². The average Bonchev–Trinajstić information content (AvgIpc) is 3.30. The Kier molecular flexibility index (Phi) is 8.02. The average molecular weight is 554 g/mol. The number of alkyl halides is 3. The molecule has 0 aliphatic carbocycles. The van der Waals surface area contributed by atoms with Crippen LogP contribution in [0.15, 0.2) is 60.7 Å². The zero-order chi connectivity index (χ0) is 26.9. The van der Waals surface area contributed by atoms with E-state index in [1.807, 2.05) is 23.1 Å². The predicted molar refractivity (Wildman–Crippen MR) is 138 cm³/mol. The van der Waals surface area contributed by atoms with Gasteiger partial charge in [0.2, 0.25) is 0 Å². The second-order valence-electron chi connectivity index (χ2n) is 9.11. The molecule has 4 nitrogen and oxygen atoms in total. The van der Waals surface area contributed by atoms with Gasteiger partial charge < -0.3 is 10.2 Å². The maximum absolute atomic E-state index is 14.2. The Balaban J connectivity index is 1.60. The molecule has 1 heterocycles. The van der Waals surface area contributed by atoms with Gasteiger partial charge >= 0.3 is 6.18 Å². The zero-order valence-electron chi connectivity index (χ0n) is 20.1. The lowest BCUT2D eigenvalue weighted by Crippen LogP contribution is -2.38. The van der Waals surface area contributed by atoms with Gasteiger partial charge in [0.25, 0.3) is 5.91 Å². The van der Waals surface area contributed by atoms with Crippen molar-refractivity contribution < 1.29 is 22.4 Å². The summed E-state index contributed by atoms with van der Waals surface area (Å²) in [4.78, 5) is 17.0. The van der Waals surface area contributed by atoms with Gasteiger partial charge in [-0.2, -0.15) is 13.2 Å². The molecule has 1 fully saturated rings. The lowest BCUT2D eigenvalue weighted by Gasteiger charge is -2.29. The Morgan fingerprint density at radius 1 is 1.03 bits per heavy atom. The van der Waals surface area contributed by atoms with Gasteiger partial charge in [-0.25, -0.2) is 4.39 Å². The number of amides is 1. The van der Waals surface area contributed by atoms with Gasteiger partial charge in [0.1, 0.15) is 5.82 Å². The Morgan fingerprint density at radius 2 is 1.73 bits per heavy atom. The SMILES string of the molecule is CNc1ccc(C(=O)N2C[C@H](c3ccc(Cl)c(Cl)c3)[C@H](N(C)Cc3ccc(C(F)(F)F)c(F)c3)C2)cc1. The fourth-order valence-electron chi connectivity index (χ4n) is 4.72. The largest absolute Gasteiger partial charge is 0.419 e. The molecule has 10 heteroatoms. The first-order chi connectivity index (χ1) is 17.5. The van der Waals surface area contributed by atoms with Gasteiger partial charge in [0.05, 0.1) is 15.6 Å². The van der Waals surface area contributed by atoms with Crippen LogP contribution in [0.4, 0.5) is 23.2 Å². The molecule has 1 amide bonds. The highest BCUT2D eigenvalue weighted by Gasteiger charge is 2.39. The molecule has 0 saturated carbocycles. The van der Waals surface area contributed by atoms with Crippen molar-refractivity contribution in [2.75, 3.05) is 32.5 Å². The van der Waals surface area contributed by atoms with Crippen molar-refractivity contribution in [3.05, 3.63) is 98.8 Å². The summed E-state index contributed by atoms with van der Waals surface area (Å²) in [5.41, 5.74) is 1.40. The van der Waals surface area contributed by atoms with Crippen molar-refractivity contribution in [1.29, 1.82) is 0 Å². The molecule has 3 aromatic rings. The van der Waals surface area contributed by atoms with Crippen LogP contribution in [0.25, 0.3) is 0 Å². The molecule has 3 aromatic carbocycles. The van der Waals surface area contributed by atoms with Gasteiger partial charge in [0.15, 0.2) is 0 Å². The minimum Gasteiger partial charge on any atom is -0.388 e. The van der Waals surface area contributed by atoms with Crippen LogP contribution in [0.5, 0.6) is 0 Å². The molecule has 2 atom stereocenters. The number of likely N-dealkylation sites (tertiary alicyclic amines) is 1. The summed E-state index contributed by atoms with van der Waals surface area (Å²) in [5, 5.41) is 3.81. The number of hydrogen-bond acceptors (Lipinski definition) is 3. The van der Waals surface area contributed by atoms with Crippen LogP contribution in [0, 0.1) is 5.82 Å². The van der Waals surface area contributed by atoms with E-state index >= 15 is 0 Å². The lowest BCUT2D eigenvalue weighted by atomic mass is 9.93. The van der Waals surface area contributed by atoms with E-state index in [0.29, 0.717) is 34.3 Å². The number of benzene rings is 3. The third kappa shape index (κ3) is 6.03. The number of anilines is 1. The quantitative estimate of drug-likeness (QED) is 0.336. The molecule has 0 spiro atoms. The Labute approximate surface area is 222 Å². The third-order valence-electron chi connectivity index (χ3n) is 6.71. The number of hydrogen-bond donors (Lipinski definition) is 1. The van der Waals surface area contributed by atoms with E-state index in [9.17, 15) is 22.4 Å². The summed E-state index contributed by atoms with van der Waals surface area (Å²) in [6, 6.07) is 15.2. The maximum atomic E-state index is 14.2. The van der Waals surface area contributed by atoms with Gasteiger partial charge in [-0.3, -0.25) is 9.69 Å². The minimum atomic E-state index is -4.76. The van der Waals surface area contributed by atoms with E-state index in [-0.39, 0.29) is 24.4 Å². The van der Waals surface area contributed by atoms with Crippen LogP contribution in [-0.2, 0) is 12.7 Å². The molecular formula is C27H25Cl2F4N3O. The third-order valence-corrected chi connectivity index (χ3v) is 7.44. The smallest absolute Gasteiger partial charge is 0.388 e. The van der Waals surface area contributed by atoms with E-state index in [1.165, 1.54) is 6.07 Å². The van der Waals surface area contributed by atoms with Crippen molar-refractivity contribution in [1.82, 2.24) is 9.80 Å². The van der Waals surface area contributed by atoms with E-state index in [1.54, 1.807) is 43.3 Å². The van der Waals surface area contributed by atoms with Crippen LogP contribution < -0.4 is 5.32 Å². The number of rotatable bonds is 6. The second-order valence-corrected chi connectivity index (χ2v) is 9.93. The maximum Gasteiger partial charge on any atom is 0.419 e. The van der Waals surface area contributed by atoms with Gasteiger partial charge in [-0.1, -0.05) is 35.3 Å². The van der Waals surface area contributed by atoms with Crippen molar-refractivity contribution in [2.24, 2.45) is 0 Å². The molecule has 1 saturated heterocycles. The minimum absolute atomic E-state index is 0.135. The van der Waals surface area contributed by atoms with Crippen molar-refractivity contribution in [3.8, 4) is 0 Å². The first kappa shape index (κ1) is 27.2. The summed E-state index contributed by atoms with van der Waals surface area (Å²) in [6.45, 7) is 0.967. The molecule has 0 bridgehead atoms. The molecular weight excluding hydrogens is 529 g/mol. The Hall–Kier alpha value is -2.81.